The van der Waals surface area contributed by atoms with Gasteiger partial charge in [0.25, 0.3) is 0 Å². The number of aliphatic hydroxyl groups is 1. The molecule has 1 aromatic heterocycles. The van der Waals surface area contributed by atoms with E-state index in [1.807, 2.05) is 37.3 Å². The molecule has 1 aliphatic heterocycles. The van der Waals surface area contributed by atoms with Gasteiger partial charge in [-0.3, -0.25) is 9.69 Å². The van der Waals surface area contributed by atoms with Crippen LogP contribution in [0.1, 0.15) is 49.0 Å². The zero-order chi connectivity index (χ0) is 28.9. The number of hydrogen-bond donors (Lipinski definition) is 2. The van der Waals surface area contributed by atoms with Crippen LogP contribution in [0.3, 0.4) is 0 Å². The number of amides is 1. The summed E-state index contributed by atoms with van der Waals surface area (Å²) in [6.07, 6.45) is 1.84. The van der Waals surface area contributed by atoms with Crippen LogP contribution in [0.2, 0.25) is 5.02 Å². The molecule has 2 N–H and O–H groups in total. The van der Waals surface area contributed by atoms with E-state index < -0.39 is 18.0 Å². The van der Waals surface area contributed by atoms with Gasteiger partial charge in [-0.2, -0.15) is 0 Å². The number of Topliss-reactive ketones (excluding diaryl/α,β-unsaturated/α-hetero) is 1. The highest BCUT2D eigenvalue weighted by Crippen LogP contribution is 2.40. The molecule has 214 valence electrons. The van der Waals surface area contributed by atoms with Crippen molar-refractivity contribution in [2.45, 2.75) is 38.6 Å². The van der Waals surface area contributed by atoms with E-state index in [0.29, 0.717) is 36.6 Å². The fraction of sp³-hybridized carbons (Fsp3) is 0.312. The van der Waals surface area contributed by atoms with Crippen molar-refractivity contribution >= 4 is 34.4 Å². The van der Waals surface area contributed by atoms with E-state index in [-0.39, 0.29) is 30.7 Å². The molecule has 7 nitrogen and oxygen atoms in total. The minimum Gasteiger partial charge on any atom is -0.486 e. The van der Waals surface area contributed by atoms with Gasteiger partial charge in [0.2, 0.25) is 0 Å². The number of aromatic amines is 1. The smallest absolute Gasteiger partial charge is 0.416 e. The van der Waals surface area contributed by atoms with Crippen LogP contribution in [0.5, 0.6) is 11.5 Å². The molecule has 3 aromatic carbocycles. The largest absolute Gasteiger partial charge is 0.486 e. The molecule has 0 spiro atoms. The minimum atomic E-state index is -0.553. The highest BCUT2D eigenvalue weighted by Gasteiger charge is 2.36. The Morgan fingerprint density at radius 1 is 1.10 bits per heavy atom. The molecule has 0 saturated carbocycles. The van der Waals surface area contributed by atoms with Gasteiger partial charge >= 0.3 is 6.09 Å². The molecule has 5 rings (SSSR count). The number of ketones is 1. The summed E-state index contributed by atoms with van der Waals surface area (Å²) < 4.78 is 24.8. The van der Waals surface area contributed by atoms with Crippen LogP contribution in [-0.4, -0.2) is 46.6 Å². The molecule has 4 aromatic rings. The van der Waals surface area contributed by atoms with Crippen LogP contribution in [0.4, 0.5) is 9.18 Å². The summed E-state index contributed by atoms with van der Waals surface area (Å²) in [6, 6.07) is 17.8. The molecule has 0 radical (unpaired) electrons. The van der Waals surface area contributed by atoms with E-state index in [9.17, 15) is 19.1 Å². The number of carbonyl (C=O) groups excluding carboxylic acids is 2. The molecule has 9 heteroatoms. The van der Waals surface area contributed by atoms with E-state index in [0.717, 1.165) is 34.1 Å². The molecule has 2 atom stereocenters. The number of benzene rings is 3. The molecule has 0 aliphatic carbocycles. The summed E-state index contributed by atoms with van der Waals surface area (Å²) in [6.45, 7) is 2.42. The van der Waals surface area contributed by atoms with Gasteiger partial charge < -0.3 is 19.6 Å². The van der Waals surface area contributed by atoms with Crippen molar-refractivity contribution in [3.05, 3.63) is 94.4 Å². The Morgan fingerprint density at radius 3 is 2.54 bits per heavy atom. The first-order chi connectivity index (χ1) is 19.9. The van der Waals surface area contributed by atoms with Gasteiger partial charge in [-0.1, -0.05) is 37.1 Å². The number of fused-ring (bicyclic) bond motifs is 3. The summed E-state index contributed by atoms with van der Waals surface area (Å²) in [5, 5.41) is 10.8. The number of aliphatic hydroxyl groups excluding tert-OH is 1. The van der Waals surface area contributed by atoms with Gasteiger partial charge in [0, 0.05) is 41.2 Å². The molecule has 1 amide bonds. The third kappa shape index (κ3) is 6.55. The lowest BCUT2D eigenvalue weighted by Gasteiger charge is -2.35. The monoisotopic (exact) mass is 578 g/mol. The van der Waals surface area contributed by atoms with Crippen molar-refractivity contribution in [3.63, 3.8) is 0 Å². The maximum Gasteiger partial charge on any atom is 0.416 e. The van der Waals surface area contributed by atoms with Crippen LogP contribution >= 0.6 is 11.6 Å². The number of ether oxygens (including phenoxy) is 2. The van der Waals surface area contributed by atoms with Crippen molar-refractivity contribution in [2.75, 3.05) is 19.8 Å². The summed E-state index contributed by atoms with van der Waals surface area (Å²) in [4.78, 5) is 31.0. The van der Waals surface area contributed by atoms with Crippen molar-refractivity contribution in [1.82, 2.24) is 9.88 Å². The van der Waals surface area contributed by atoms with Gasteiger partial charge in [0.1, 0.15) is 30.0 Å². The maximum atomic E-state index is 13.4. The Kier molecular flexibility index (Phi) is 8.90. The highest BCUT2D eigenvalue weighted by molar-refractivity contribution is 6.31. The molecule has 0 fully saturated rings. The van der Waals surface area contributed by atoms with E-state index in [1.165, 1.54) is 24.3 Å². The Labute approximate surface area is 242 Å². The zero-order valence-electron chi connectivity index (χ0n) is 22.7. The number of aromatic nitrogens is 1. The summed E-state index contributed by atoms with van der Waals surface area (Å²) in [5.74, 6) is 0.504. The topological polar surface area (TPSA) is 91.9 Å². The van der Waals surface area contributed by atoms with Gasteiger partial charge in [-0.15, -0.1) is 0 Å². The maximum absolute atomic E-state index is 13.4. The SMILES string of the molecule is CCC(CCO)CC(=O)COc1ccc(C2c3[nH]c4ccc(Cl)cc4c3CCN2C(=O)Oc2ccc(F)cc2)cc1. The molecular formula is C32H32ClFN2O5. The number of nitrogens with one attached hydrogen (secondary N) is 1. The molecule has 0 bridgehead atoms. The second-order valence-electron chi connectivity index (χ2n) is 10.3. The molecule has 2 heterocycles. The molecule has 41 heavy (non-hydrogen) atoms. The standard InChI is InChI=1S/C32H32ClFN2O5/c1-2-20(14-16-37)17-24(38)19-40-25-8-3-21(4-9-25)31-30-27(28-18-22(33)5-12-29(28)35-30)13-15-36(31)32(39)41-26-10-6-23(34)7-11-26/h3-12,18,20,31,35,37H,2,13-17,19H2,1H3. The van der Waals surface area contributed by atoms with Crippen LogP contribution < -0.4 is 9.47 Å². The van der Waals surface area contributed by atoms with Crippen molar-refractivity contribution in [2.24, 2.45) is 5.92 Å². The highest BCUT2D eigenvalue weighted by atomic mass is 35.5. The van der Waals surface area contributed by atoms with Crippen molar-refractivity contribution in [1.29, 1.82) is 0 Å². The van der Waals surface area contributed by atoms with Gasteiger partial charge in [-0.25, -0.2) is 9.18 Å². The normalized spacial score (nSPS) is 15.4. The number of carbonyl (C=O) groups is 2. The van der Waals surface area contributed by atoms with Gasteiger partial charge in [-0.05, 0) is 84.5 Å². The Bertz CT molecular complexity index is 1520. The van der Waals surface area contributed by atoms with Gasteiger partial charge in [0.05, 0.1) is 0 Å². The minimum absolute atomic E-state index is 0.0160. The summed E-state index contributed by atoms with van der Waals surface area (Å²) in [7, 11) is 0. The predicted octanol–water partition coefficient (Wildman–Crippen LogP) is 6.85. The van der Waals surface area contributed by atoms with E-state index in [1.54, 1.807) is 17.0 Å². The second-order valence-corrected chi connectivity index (χ2v) is 10.7. The average Bonchev–Trinajstić information content (AvgIpc) is 3.34. The third-order valence-electron chi connectivity index (χ3n) is 7.57. The first-order valence-corrected chi connectivity index (χ1v) is 14.1. The second kappa shape index (κ2) is 12.7. The zero-order valence-corrected chi connectivity index (χ0v) is 23.5. The van der Waals surface area contributed by atoms with Gasteiger partial charge in [0.15, 0.2) is 5.78 Å². The summed E-state index contributed by atoms with van der Waals surface area (Å²) >= 11 is 6.30. The number of H-pyrrole nitrogens is 1. The van der Waals surface area contributed by atoms with E-state index in [2.05, 4.69) is 4.98 Å². The quantitative estimate of drug-likeness (QED) is 0.215. The molecule has 0 saturated heterocycles. The number of halogens is 2. The first kappa shape index (κ1) is 28.6. The van der Waals surface area contributed by atoms with Crippen LogP contribution in [-0.2, 0) is 11.2 Å². The molecule has 2 unspecified atom stereocenters. The molecular weight excluding hydrogens is 547 g/mol. The first-order valence-electron chi connectivity index (χ1n) is 13.8. The fourth-order valence-electron chi connectivity index (χ4n) is 5.39. The number of hydrogen-bond acceptors (Lipinski definition) is 5. The lowest BCUT2D eigenvalue weighted by molar-refractivity contribution is -0.122. The number of nitrogens with zero attached hydrogens (tertiary/aromatic N) is 1. The van der Waals surface area contributed by atoms with Crippen LogP contribution in [0.15, 0.2) is 66.7 Å². The lowest BCUT2D eigenvalue weighted by Crippen LogP contribution is -2.42. The Morgan fingerprint density at radius 2 is 1.83 bits per heavy atom. The van der Waals surface area contributed by atoms with E-state index >= 15 is 0 Å². The average molecular weight is 579 g/mol. The van der Waals surface area contributed by atoms with Crippen LogP contribution in [0.25, 0.3) is 10.9 Å². The molecule has 1 aliphatic rings. The van der Waals surface area contributed by atoms with E-state index in [4.69, 9.17) is 21.1 Å². The summed E-state index contributed by atoms with van der Waals surface area (Å²) in [5.41, 5.74) is 3.69. The van der Waals surface area contributed by atoms with Crippen molar-refractivity contribution in [3.8, 4) is 11.5 Å². The Hall–Kier alpha value is -3.88. The lowest BCUT2D eigenvalue weighted by atomic mass is 9.92. The fourth-order valence-corrected chi connectivity index (χ4v) is 5.56. The third-order valence-corrected chi connectivity index (χ3v) is 7.80. The van der Waals surface area contributed by atoms with Crippen molar-refractivity contribution < 1.29 is 28.6 Å². The number of rotatable bonds is 10. The van der Waals surface area contributed by atoms with Crippen LogP contribution in [0, 0.1) is 11.7 Å². The predicted molar refractivity (Wildman–Crippen MR) is 155 cm³/mol. The Balaban J connectivity index is 1.39.